The molecule has 17 heavy (non-hydrogen) atoms. The van der Waals surface area contributed by atoms with Gasteiger partial charge in [-0.25, -0.2) is 4.39 Å². The summed E-state index contributed by atoms with van der Waals surface area (Å²) in [6.45, 7) is 0. The van der Waals surface area contributed by atoms with E-state index < -0.39 is 0 Å². The molecule has 0 aliphatic heterocycles. The highest BCUT2D eigenvalue weighted by atomic mass is 19.1. The van der Waals surface area contributed by atoms with Gasteiger partial charge in [-0.3, -0.25) is 9.78 Å². The molecule has 0 amide bonds. The molecule has 0 N–H and O–H groups in total. The fraction of sp³-hybridized carbons (Fsp3) is 0. The lowest BCUT2D eigenvalue weighted by Crippen LogP contribution is -1.93. The van der Waals surface area contributed by atoms with E-state index in [1.54, 1.807) is 42.7 Å². The Hall–Kier alpha value is -2.29. The van der Waals surface area contributed by atoms with Gasteiger partial charge >= 0.3 is 0 Å². The third kappa shape index (κ3) is 3.08. The van der Waals surface area contributed by atoms with Crippen LogP contribution in [0, 0.1) is 5.82 Å². The van der Waals surface area contributed by atoms with Crippen molar-refractivity contribution in [1.82, 2.24) is 4.98 Å². The lowest BCUT2D eigenvalue weighted by Gasteiger charge is -1.94. The first-order chi connectivity index (χ1) is 8.25. The van der Waals surface area contributed by atoms with Gasteiger partial charge in [0, 0.05) is 18.0 Å². The molecule has 1 aromatic carbocycles. The second kappa shape index (κ2) is 5.16. The number of pyridine rings is 1. The number of nitrogens with zero attached hydrogens (tertiary/aromatic N) is 1. The fourth-order valence-electron chi connectivity index (χ4n) is 1.36. The minimum absolute atomic E-state index is 0.100. The lowest BCUT2D eigenvalue weighted by atomic mass is 10.1. The second-order valence-corrected chi connectivity index (χ2v) is 3.49. The third-order valence-electron chi connectivity index (χ3n) is 2.26. The molecule has 2 aromatic rings. The molecule has 0 saturated heterocycles. The van der Waals surface area contributed by atoms with E-state index in [9.17, 15) is 9.18 Å². The fourth-order valence-corrected chi connectivity index (χ4v) is 1.36. The summed E-state index contributed by atoms with van der Waals surface area (Å²) < 4.78 is 12.7. The van der Waals surface area contributed by atoms with Gasteiger partial charge in [0.1, 0.15) is 5.82 Å². The minimum atomic E-state index is -0.289. The normalized spacial score (nSPS) is 10.6. The molecule has 0 fully saturated rings. The van der Waals surface area contributed by atoms with E-state index in [0.717, 1.165) is 5.56 Å². The first-order valence-electron chi connectivity index (χ1n) is 5.14. The first kappa shape index (κ1) is 11.2. The number of aromatic nitrogens is 1. The van der Waals surface area contributed by atoms with E-state index in [1.165, 1.54) is 18.2 Å². The zero-order valence-corrected chi connectivity index (χ0v) is 9.01. The average molecular weight is 227 g/mol. The van der Waals surface area contributed by atoms with Gasteiger partial charge in [-0.2, -0.15) is 0 Å². The molecule has 0 aliphatic carbocycles. The number of benzene rings is 1. The number of ketones is 1. The Bertz CT molecular complexity index is 532. The highest BCUT2D eigenvalue weighted by Crippen LogP contribution is 2.06. The molecule has 0 bridgehead atoms. The number of halogens is 1. The van der Waals surface area contributed by atoms with E-state index >= 15 is 0 Å². The molecular formula is C14H10FNO. The molecule has 0 aliphatic rings. The zero-order chi connectivity index (χ0) is 12.1. The molecule has 2 nitrogen and oxygen atoms in total. The molecule has 0 atom stereocenters. The van der Waals surface area contributed by atoms with Crippen molar-refractivity contribution < 1.29 is 9.18 Å². The third-order valence-corrected chi connectivity index (χ3v) is 2.26. The molecule has 0 saturated carbocycles. The standard InChI is InChI=1S/C14H10FNO/c15-13-4-1-11(2-5-13)3-6-14(17)12-7-9-16-10-8-12/h1-10H. The topological polar surface area (TPSA) is 30.0 Å². The molecule has 1 heterocycles. The van der Waals surface area contributed by atoms with Crippen molar-refractivity contribution in [2.45, 2.75) is 0 Å². The minimum Gasteiger partial charge on any atom is -0.289 e. The molecule has 0 unspecified atom stereocenters. The van der Waals surface area contributed by atoms with Crippen LogP contribution in [-0.2, 0) is 0 Å². The van der Waals surface area contributed by atoms with Gasteiger partial charge in [-0.15, -0.1) is 0 Å². The van der Waals surface area contributed by atoms with E-state index in [1.807, 2.05) is 0 Å². The van der Waals surface area contributed by atoms with Crippen molar-refractivity contribution in [3.05, 3.63) is 71.8 Å². The molecule has 84 valence electrons. The smallest absolute Gasteiger partial charge is 0.185 e. The maximum Gasteiger partial charge on any atom is 0.185 e. The summed E-state index contributed by atoms with van der Waals surface area (Å²) >= 11 is 0. The maximum atomic E-state index is 12.7. The lowest BCUT2D eigenvalue weighted by molar-refractivity contribution is 0.104. The number of hydrogen-bond donors (Lipinski definition) is 0. The van der Waals surface area contributed by atoms with Gasteiger partial charge in [0.15, 0.2) is 5.78 Å². The monoisotopic (exact) mass is 227 g/mol. The Morgan fingerprint density at radius 1 is 1.06 bits per heavy atom. The van der Waals surface area contributed by atoms with Crippen LogP contribution in [0.15, 0.2) is 54.9 Å². The van der Waals surface area contributed by atoms with Crippen LogP contribution in [0.4, 0.5) is 4.39 Å². The van der Waals surface area contributed by atoms with Crippen molar-refractivity contribution in [3.63, 3.8) is 0 Å². The van der Waals surface area contributed by atoms with Crippen LogP contribution in [0.1, 0.15) is 15.9 Å². The van der Waals surface area contributed by atoms with Gasteiger partial charge in [0.25, 0.3) is 0 Å². The Balaban J connectivity index is 2.11. The average Bonchev–Trinajstić information content (AvgIpc) is 2.39. The number of carbonyl (C=O) groups is 1. The summed E-state index contributed by atoms with van der Waals surface area (Å²) in [6, 6.07) is 9.25. The van der Waals surface area contributed by atoms with Gasteiger partial charge in [-0.1, -0.05) is 18.2 Å². The number of hydrogen-bond acceptors (Lipinski definition) is 2. The van der Waals surface area contributed by atoms with Crippen LogP contribution >= 0.6 is 0 Å². The summed E-state index contributed by atoms with van der Waals surface area (Å²) in [6.07, 6.45) is 6.25. The molecule has 3 heteroatoms. The van der Waals surface area contributed by atoms with E-state index in [4.69, 9.17) is 0 Å². The van der Waals surface area contributed by atoms with Crippen LogP contribution in [-0.4, -0.2) is 10.8 Å². The Labute approximate surface area is 98.4 Å². The molecular weight excluding hydrogens is 217 g/mol. The SMILES string of the molecule is O=C(C=Cc1ccc(F)cc1)c1ccncc1. The van der Waals surface area contributed by atoms with Crippen molar-refractivity contribution >= 4 is 11.9 Å². The zero-order valence-electron chi connectivity index (χ0n) is 9.01. The second-order valence-electron chi connectivity index (χ2n) is 3.49. The molecule has 0 spiro atoms. The first-order valence-corrected chi connectivity index (χ1v) is 5.14. The van der Waals surface area contributed by atoms with Gasteiger partial charge in [-0.05, 0) is 35.9 Å². The van der Waals surface area contributed by atoms with Crippen LogP contribution in [0.25, 0.3) is 6.08 Å². The predicted molar refractivity (Wildman–Crippen MR) is 64.0 cm³/mol. The highest BCUT2D eigenvalue weighted by molar-refractivity contribution is 6.06. The summed E-state index contributed by atoms with van der Waals surface area (Å²) in [4.78, 5) is 15.5. The largest absolute Gasteiger partial charge is 0.289 e. The van der Waals surface area contributed by atoms with Gasteiger partial charge < -0.3 is 0 Å². The van der Waals surface area contributed by atoms with Crippen molar-refractivity contribution in [1.29, 1.82) is 0 Å². The summed E-state index contributed by atoms with van der Waals surface area (Å²) in [5.74, 6) is -0.390. The molecule has 1 aromatic heterocycles. The number of allylic oxidation sites excluding steroid dienone is 1. The van der Waals surface area contributed by atoms with Crippen molar-refractivity contribution in [2.24, 2.45) is 0 Å². The van der Waals surface area contributed by atoms with Crippen LogP contribution in [0.5, 0.6) is 0 Å². The Kier molecular flexibility index (Phi) is 3.40. The highest BCUT2D eigenvalue weighted by Gasteiger charge is 1.99. The quantitative estimate of drug-likeness (QED) is 0.595. The number of carbonyl (C=O) groups excluding carboxylic acids is 1. The van der Waals surface area contributed by atoms with Crippen LogP contribution in [0.3, 0.4) is 0 Å². The van der Waals surface area contributed by atoms with E-state index in [2.05, 4.69) is 4.98 Å². The molecule has 2 rings (SSSR count). The van der Waals surface area contributed by atoms with E-state index in [0.29, 0.717) is 5.56 Å². The Morgan fingerprint density at radius 3 is 2.35 bits per heavy atom. The maximum absolute atomic E-state index is 12.7. The Morgan fingerprint density at radius 2 is 1.71 bits per heavy atom. The van der Waals surface area contributed by atoms with Crippen molar-refractivity contribution in [3.8, 4) is 0 Å². The van der Waals surface area contributed by atoms with Crippen LogP contribution in [0.2, 0.25) is 0 Å². The van der Waals surface area contributed by atoms with E-state index in [-0.39, 0.29) is 11.6 Å². The van der Waals surface area contributed by atoms with Crippen molar-refractivity contribution in [2.75, 3.05) is 0 Å². The predicted octanol–water partition coefficient (Wildman–Crippen LogP) is 3.12. The van der Waals surface area contributed by atoms with Gasteiger partial charge in [0.05, 0.1) is 0 Å². The summed E-state index contributed by atoms with van der Waals surface area (Å²) in [7, 11) is 0. The summed E-state index contributed by atoms with van der Waals surface area (Å²) in [5, 5.41) is 0. The number of rotatable bonds is 3. The van der Waals surface area contributed by atoms with Gasteiger partial charge in [0.2, 0.25) is 0 Å². The summed E-state index contributed by atoms with van der Waals surface area (Å²) in [5.41, 5.74) is 1.37. The molecule has 0 radical (unpaired) electrons. The van der Waals surface area contributed by atoms with Crippen LogP contribution < -0.4 is 0 Å².